The van der Waals surface area contributed by atoms with Gasteiger partial charge in [0.25, 0.3) is 0 Å². The van der Waals surface area contributed by atoms with Crippen molar-refractivity contribution >= 4 is 25.9 Å². The number of carboxylic acid groups (broad SMARTS) is 1. The minimum absolute atomic E-state index is 0.108. The quantitative estimate of drug-likeness (QED) is 0.333. The molecule has 1 N–H and O–H groups in total. The van der Waals surface area contributed by atoms with E-state index in [1.54, 1.807) is 0 Å². The molecule has 0 aromatic heterocycles. The van der Waals surface area contributed by atoms with Gasteiger partial charge in [0.05, 0.1) is 12.0 Å². The highest BCUT2D eigenvalue weighted by Gasteiger charge is 2.17. The van der Waals surface area contributed by atoms with Crippen molar-refractivity contribution in [3.05, 3.63) is 11.8 Å². The molecule has 0 aromatic rings. The van der Waals surface area contributed by atoms with E-state index in [0.717, 1.165) is 6.08 Å². The standard InChI is InChI=1S/C7H13ClO3Si/c1-12(2,3)11-6(5-8)4-7(9)10/h4H,5H2,1-3H3,(H,9,10). The van der Waals surface area contributed by atoms with Gasteiger partial charge in [0.15, 0.2) is 0 Å². The lowest BCUT2D eigenvalue weighted by molar-refractivity contribution is -0.131. The summed E-state index contributed by atoms with van der Waals surface area (Å²) in [4.78, 5) is 10.3. The zero-order valence-electron chi connectivity index (χ0n) is 7.43. The first kappa shape index (κ1) is 11.5. The number of rotatable bonds is 4. The molecular formula is C7H13ClO3Si. The first-order chi connectivity index (χ1) is 5.35. The summed E-state index contributed by atoms with van der Waals surface area (Å²) in [7, 11) is -1.72. The van der Waals surface area contributed by atoms with Gasteiger partial charge in [-0.15, -0.1) is 11.6 Å². The van der Waals surface area contributed by atoms with Crippen LogP contribution in [0.1, 0.15) is 0 Å². The number of alkyl halides is 1. The third-order valence-electron chi connectivity index (χ3n) is 0.853. The number of aliphatic carboxylic acids is 1. The fourth-order valence-corrected chi connectivity index (χ4v) is 1.77. The van der Waals surface area contributed by atoms with Crippen molar-refractivity contribution in [1.82, 2.24) is 0 Å². The van der Waals surface area contributed by atoms with Crippen LogP contribution in [0, 0.1) is 0 Å². The number of allylic oxidation sites excluding steroid dienone is 1. The Morgan fingerprint density at radius 3 is 2.33 bits per heavy atom. The lowest BCUT2D eigenvalue weighted by Crippen LogP contribution is -2.25. The molecule has 0 bridgehead atoms. The Hall–Kier alpha value is -0.483. The number of hydrogen-bond donors (Lipinski definition) is 1. The predicted octanol–water partition coefficient (Wildman–Crippen LogP) is 2.05. The lowest BCUT2D eigenvalue weighted by Gasteiger charge is -2.19. The van der Waals surface area contributed by atoms with Crippen molar-refractivity contribution in [3.8, 4) is 0 Å². The Labute approximate surface area is 78.1 Å². The molecule has 0 heterocycles. The first-order valence-electron chi connectivity index (χ1n) is 3.53. The molecule has 70 valence electrons. The van der Waals surface area contributed by atoms with Gasteiger partial charge >= 0.3 is 5.97 Å². The maximum atomic E-state index is 10.3. The fourth-order valence-electron chi connectivity index (χ4n) is 0.626. The molecule has 0 aliphatic carbocycles. The van der Waals surface area contributed by atoms with E-state index in [2.05, 4.69) is 0 Å². The molecule has 0 radical (unpaired) electrons. The second-order valence-corrected chi connectivity index (χ2v) is 7.99. The molecule has 12 heavy (non-hydrogen) atoms. The minimum atomic E-state index is -1.72. The summed E-state index contributed by atoms with van der Waals surface area (Å²) in [5.41, 5.74) is 0. The van der Waals surface area contributed by atoms with E-state index < -0.39 is 14.3 Å². The smallest absolute Gasteiger partial charge is 0.331 e. The summed E-state index contributed by atoms with van der Waals surface area (Å²) in [6, 6.07) is 0. The van der Waals surface area contributed by atoms with Gasteiger partial charge in [-0.25, -0.2) is 4.79 Å². The summed E-state index contributed by atoms with van der Waals surface area (Å²) < 4.78 is 5.38. The van der Waals surface area contributed by atoms with Crippen LogP contribution in [-0.4, -0.2) is 25.3 Å². The van der Waals surface area contributed by atoms with Crippen molar-refractivity contribution in [1.29, 1.82) is 0 Å². The molecular weight excluding hydrogens is 196 g/mol. The highest BCUT2D eigenvalue weighted by molar-refractivity contribution is 6.70. The van der Waals surface area contributed by atoms with E-state index in [1.165, 1.54) is 0 Å². The van der Waals surface area contributed by atoms with Crippen LogP contribution in [0.5, 0.6) is 0 Å². The molecule has 0 aliphatic heterocycles. The molecule has 0 aromatic carbocycles. The maximum absolute atomic E-state index is 10.3. The van der Waals surface area contributed by atoms with E-state index >= 15 is 0 Å². The Morgan fingerprint density at radius 2 is 2.08 bits per heavy atom. The summed E-state index contributed by atoms with van der Waals surface area (Å²) in [6.07, 6.45) is 1.01. The molecule has 0 atom stereocenters. The van der Waals surface area contributed by atoms with E-state index in [1.807, 2.05) is 19.6 Å². The third kappa shape index (κ3) is 6.24. The molecule has 0 saturated carbocycles. The van der Waals surface area contributed by atoms with Crippen molar-refractivity contribution in [2.24, 2.45) is 0 Å². The van der Waals surface area contributed by atoms with Gasteiger partial charge in [0.1, 0.15) is 5.76 Å². The van der Waals surface area contributed by atoms with E-state index in [4.69, 9.17) is 21.1 Å². The Bertz CT molecular complexity index is 195. The number of carbonyl (C=O) groups is 1. The first-order valence-corrected chi connectivity index (χ1v) is 7.48. The van der Waals surface area contributed by atoms with Crippen molar-refractivity contribution in [2.45, 2.75) is 19.6 Å². The number of carboxylic acids is 1. The van der Waals surface area contributed by atoms with Gasteiger partial charge in [0.2, 0.25) is 8.32 Å². The van der Waals surface area contributed by atoms with Crippen molar-refractivity contribution in [2.75, 3.05) is 5.88 Å². The molecule has 0 spiro atoms. The van der Waals surface area contributed by atoms with Gasteiger partial charge in [-0.05, 0) is 19.6 Å². The average molecular weight is 209 g/mol. The summed E-state index contributed by atoms with van der Waals surface area (Å²) in [5, 5.41) is 8.41. The summed E-state index contributed by atoms with van der Waals surface area (Å²) in [5.74, 6) is -0.580. The zero-order chi connectivity index (χ0) is 9.78. The summed E-state index contributed by atoms with van der Waals surface area (Å²) in [6.45, 7) is 5.90. The molecule has 0 rings (SSSR count). The van der Waals surface area contributed by atoms with Crippen molar-refractivity contribution in [3.63, 3.8) is 0 Å². The Morgan fingerprint density at radius 1 is 1.58 bits per heavy atom. The van der Waals surface area contributed by atoms with Gasteiger partial charge in [0, 0.05) is 0 Å². The second-order valence-electron chi connectivity index (χ2n) is 3.30. The SMILES string of the molecule is C[Si](C)(C)OC(=CC(=O)O)CCl. The van der Waals surface area contributed by atoms with E-state index in [0.29, 0.717) is 5.76 Å². The van der Waals surface area contributed by atoms with Gasteiger partial charge in [-0.2, -0.15) is 0 Å². The van der Waals surface area contributed by atoms with E-state index in [9.17, 15) is 4.79 Å². The van der Waals surface area contributed by atoms with Crippen molar-refractivity contribution < 1.29 is 14.3 Å². The molecule has 0 unspecified atom stereocenters. The maximum Gasteiger partial charge on any atom is 0.331 e. The van der Waals surface area contributed by atoms with Crippen LogP contribution in [0.3, 0.4) is 0 Å². The van der Waals surface area contributed by atoms with Crippen LogP contribution < -0.4 is 0 Å². The van der Waals surface area contributed by atoms with Gasteiger partial charge in [-0.1, -0.05) is 0 Å². The Kier molecular flexibility index (Phi) is 4.34. The van der Waals surface area contributed by atoms with Crippen LogP contribution >= 0.6 is 11.6 Å². The largest absolute Gasteiger partial charge is 0.546 e. The Balaban J connectivity index is 4.28. The predicted molar refractivity (Wildman–Crippen MR) is 50.9 cm³/mol. The number of hydrogen-bond acceptors (Lipinski definition) is 2. The van der Waals surface area contributed by atoms with Crippen LogP contribution in [0.2, 0.25) is 19.6 Å². The summed E-state index contributed by atoms with van der Waals surface area (Å²) >= 11 is 5.48. The number of halogens is 1. The van der Waals surface area contributed by atoms with Gasteiger partial charge in [-0.3, -0.25) is 0 Å². The molecule has 0 fully saturated rings. The van der Waals surface area contributed by atoms with Gasteiger partial charge < -0.3 is 9.53 Å². The highest BCUT2D eigenvalue weighted by Crippen LogP contribution is 2.11. The van der Waals surface area contributed by atoms with Crippen LogP contribution in [0.25, 0.3) is 0 Å². The second kappa shape index (κ2) is 4.52. The zero-order valence-corrected chi connectivity index (χ0v) is 9.18. The normalized spacial score (nSPS) is 12.8. The monoisotopic (exact) mass is 208 g/mol. The molecule has 0 saturated heterocycles. The average Bonchev–Trinajstić information content (AvgIpc) is 1.82. The molecule has 3 nitrogen and oxygen atoms in total. The van der Waals surface area contributed by atoms with Crippen LogP contribution in [-0.2, 0) is 9.22 Å². The topological polar surface area (TPSA) is 46.5 Å². The molecule has 0 aliphatic rings. The van der Waals surface area contributed by atoms with Crippen LogP contribution in [0.15, 0.2) is 11.8 Å². The van der Waals surface area contributed by atoms with E-state index in [-0.39, 0.29) is 5.88 Å². The third-order valence-corrected chi connectivity index (χ3v) is 1.99. The fraction of sp³-hybridized carbons (Fsp3) is 0.571. The lowest BCUT2D eigenvalue weighted by atomic mass is 10.5. The minimum Gasteiger partial charge on any atom is -0.546 e. The van der Waals surface area contributed by atoms with Crippen LogP contribution in [0.4, 0.5) is 0 Å². The highest BCUT2D eigenvalue weighted by atomic mass is 35.5. The molecule has 0 amide bonds. The molecule has 5 heteroatoms.